The number of carbonyl (C=O) groups is 1. The van der Waals surface area contributed by atoms with E-state index in [0.717, 1.165) is 0 Å². The summed E-state index contributed by atoms with van der Waals surface area (Å²) in [5.41, 5.74) is 5.53. The molecule has 1 aromatic heterocycles. The molecule has 4 unspecified atom stereocenters. The van der Waals surface area contributed by atoms with E-state index in [9.17, 15) is 15.0 Å². The molecular formula is C12H17ClN2O4. The highest BCUT2D eigenvalue weighted by molar-refractivity contribution is 5.92. The molecule has 1 saturated carbocycles. The molecule has 0 saturated heterocycles. The number of aromatic nitrogens is 1. The molecule has 0 radical (unpaired) electrons. The smallest absolute Gasteiger partial charge is 0.254 e. The summed E-state index contributed by atoms with van der Waals surface area (Å²) in [7, 11) is 0. The molecule has 5 N–H and O–H groups in total. The Kier molecular flexibility index (Phi) is 5.25. The van der Waals surface area contributed by atoms with Crippen LogP contribution >= 0.6 is 0 Å². The van der Waals surface area contributed by atoms with Crippen LogP contribution in [0.25, 0.3) is 0 Å². The maximum Gasteiger partial charge on any atom is 0.254 e. The third kappa shape index (κ3) is 3.03. The number of aliphatic hydroxyl groups excluding tert-OH is 3. The highest BCUT2D eigenvalue weighted by atomic mass is 35.5. The van der Waals surface area contributed by atoms with E-state index in [1.54, 1.807) is 29.1 Å². The topological polar surface area (TPSA) is 108 Å². The molecule has 4 atom stereocenters. The van der Waals surface area contributed by atoms with Gasteiger partial charge < -0.3 is 33.5 Å². The van der Waals surface area contributed by atoms with Gasteiger partial charge in [-0.15, -0.1) is 0 Å². The molecule has 7 heteroatoms. The molecule has 1 aliphatic rings. The molecule has 1 heterocycles. The Morgan fingerprint density at radius 2 is 2.11 bits per heavy atom. The molecule has 0 spiro atoms. The molecular weight excluding hydrogens is 272 g/mol. The van der Waals surface area contributed by atoms with Crippen LogP contribution in [0.5, 0.6) is 0 Å². The number of halogens is 1. The normalized spacial score (nSPS) is 29.8. The summed E-state index contributed by atoms with van der Waals surface area (Å²) in [5, 5.41) is 28.8. The number of primary amides is 1. The maximum absolute atomic E-state index is 11.1. The Balaban J connectivity index is 0.00000180. The molecule has 19 heavy (non-hydrogen) atoms. The number of pyridine rings is 1. The van der Waals surface area contributed by atoms with Crippen LogP contribution in [0.15, 0.2) is 24.5 Å². The van der Waals surface area contributed by atoms with Crippen LogP contribution in [0.3, 0.4) is 0 Å². The first-order valence-electron chi connectivity index (χ1n) is 5.82. The molecule has 2 rings (SSSR count). The first kappa shape index (κ1) is 15.8. The molecule has 6 nitrogen and oxygen atoms in total. The Bertz CT molecular complexity index is 457. The predicted octanol–water partition coefficient (Wildman–Crippen LogP) is -4.65. The van der Waals surface area contributed by atoms with E-state index in [1.165, 1.54) is 0 Å². The monoisotopic (exact) mass is 288 g/mol. The number of hydrogen-bond acceptors (Lipinski definition) is 4. The van der Waals surface area contributed by atoms with Gasteiger partial charge in [-0.25, -0.2) is 0 Å². The second-order valence-corrected chi connectivity index (χ2v) is 4.63. The zero-order valence-electron chi connectivity index (χ0n) is 10.2. The van der Waals surface area contributed by atoms with E-state index in [4.69, 9.17) is 10.8 Å². The van der Waals surface area contributed by atoms with Gasteiger partial charge in [-0.2, -0.15) is 4.57 Å². The van der Waals surface area contributed by atoms with Crippen LogP contribution < -0.4 is 22.7 Å². The Morgan fingerprint density at radius 3 is 2.63 bits per heavy atom. The number of nitrogens with zero attached hydrogens (tertiary/aromatic N) is 1. The number of hydrogen-bond donors (Lipinski definition) is 4. The standard InChI is InChI=1S/C12H16N2O4.ClH/c13-12(18)7-2-1-3-14(5-7)9-4-8(6-15)10(16)11(9)17;/h1-3,5,8-11,15-17H,4,6H2,(H-,13,18);1H. The molecule has 1 aliphatic carbocycles. The van der Waals surface area contributed by atoms with E-state index in [-0.39, 0.29) is 31.0 Å². The largest absolute Gasteiger partial charge is 1.00 e. The van der Waals surface area contributed by atoms with Crippen molar-refractivity contribution in [2.24, 2.45) is 11.7 Å². The van der Waals surface area contributed by atoms with Crippen LogP contribution in [0.4, 0.5) is 0 Å². The number of rotatable bonds is 3. The fourth-order valence-corrected chi connectivity index (χ4v) is 2.42. The molecule has 1 aromatic rings. The summed E-state index contributed by atoms with van der Waals surface area (Å²) in [6, 6.07) is 2.88. The lowest BCUT2D eigenvalue weighted by atomic mass is 10.1. The van der Waals surface area contributed by atoms with Gasteiger partial charge in [-0.3, -0.25) is 4.79 Å². The summed E-state index contributed by atoms with van der Waals surface area (Å²) in [6.07, 6.45) is 1.78. The second-order valence-electron chi connectivity index (χ2n) is 4.63. The van der Waals surface area contributed by atoms with Crippen LogP contribution in [0, 0.1) is 5.92 Å². The lowest BCUT2D eigenvalue weighted by Crippen LogP contribution is -3.00. The fraction of sp³-hybridized carbons (Fsp3) is 0.500. The van der Waals surface area contributed by atoms with E-state index < -0.39 is 18.1 Å². The third-order valence-corrected chi connectivity index (χ3v) is 3.50. The third-order valence-electron chi connectivity index (χ3n) is 3.50. The minimum Gasteiger partial charge on any atom is -1.00 e. The van der Waals surface area contributed by atoms with Crippen molar-refractivity contribution in [3.63, 3.8) is 0 Å². The van der Waals surface area contributed by atoms with Gasteiger partial charge in [-0.1, -0.05) is 0 Å². The molecule has 0 aromatic carbocycles. The van der Waals surface area contributed by atoms with Crippen molar-refractivity contribution in [1.29, 1.82) is 0 Å². The highest BCUT2D eigenvalue weighted by Gasteiger charge is 2.46. The number of nitrogens with two attached hydrogens (primary N) is 1. The van der Waals surface area contributed by atoms with E-state index in [1.807, 2.05) is 0 Å². The summed E-state index contributed by atoms with van der Waals surface area (Å²) in [6.45, 7) is -0.176. The summed E-state index contributed by atoms with van der Waals surface area (Å²) >= 11 is 0. The van der Waals surface area contributed by atoms with Gasteiger partial charge in [0.15, 0.2) is 18.4 Å². The summed E-state index contributed by atoms with van der Waals surface area (Å²) < 4.78 is 1.66. The second kappa shape index (κ2) is 6.29. The summed E-state index contributed by atoms with van der Waals surface area (Å²) in [4.78, 5) is 11.1. The van der Waals surface area contributed by atoms with E-state index in [0.29, 0.717) is 12.0 Å². The first-order chi connectivity index (χ1) is 8.54. The lowest BCUT2D eigenvalue weighted by molar-refractivity contribution is -0.728. The van der Waals surface area contributed by atoms with Crippen LogP contribution in [-0.2, 0) is 0 Å². The van der Waals surface area contributed by atoms with Crippen LogP contribution in [0.1, 0.15) is 22.8 Å². The highest BCUT2D eigenvalue weighted by Crippen LogP contribution is 2.31. The van der Waals surface area contributed by atoms with Crippen molar-refractivity contribution in [1.82, 2.24) is 0 Å². The Morgan fingerprint density at radius 1 is 1.42 bits per heavy atom. The number of aliphatic hydroxyl groups is 3. The van der Waals surface area contributed by atoms with Gasteiger partial charge in [0.1, 0.15) is 11.7 Å². The van der Waals surface area contributed by atoms with Gasteiger partial charge in [0.2, 0.25) is 0 Å². The van der Waals surface area contributed by atoms with Crippen molar-refractivity contribution in [2.75, 3.05) is 6.61 Å². The molecule has 106 valence electrons. The SMILES string of the molecule is NC(=O)c1ccc[n+](C2CC(CO)C(O)C2O)c1.[Cl-]. The average molecular weight is 289 g/mol. The van der Waals surface area contributed by atoms with E-state index in [2.05, 4.69) is 0 Å². The zero-order chi connectivity index (χ0) is 13.3. The van der Waals surface area contributed by atoms with Gasteiger partial charge in [-0.05, 0) is 6.07 Å². The Labute approximate surface area is 116 Å². The number of carbonyl (C=O) groups excluding carboxylic acids is 1. The van der Waals surface area contributed by atoms with Crippen molar-refractivity contribution < 1.29 is 37.1 Å². The Hall–Kier alpha value is -1.21. The van der Waals surface area contributed by atoms with Crippen molar-refractivity contribution >= 4 is 5.91 Å². The van der Waals surface area contributed by atoms with Crippen molar-refractivity contribution in [2.45, 2.75) is 24.7 Å². The van der Waals surface area contributed by atoms with E-state index >= 15 is 0 Å². The minimum absolute atomic E-state index is 0. The average Bonchev–Trinajstić information content (AvgIpc) is 2.66. The lowest BCUT2D eigenvalue weighted by Gasteiger charge is -2.13. The molecule has 0 bridgehead atoms. The van der Waals surface area contributed by atoms with Crippen LogP contribution in [0.2, 0.25) is 0 Å². The molecule has 1 amide bonds. The van der Waals surface area contributed by atoms with Crippen molar-refractivity contribution in [3.05, 3.63) is 30.1 Å². The zero-order valence-corrected chi connectivity index (χ0v) is 10.9. The summed E-state index contributed by atoms with van der Waals surface area (Å²) in [5.74, 6) is -0.897. The molecule has 1 fully saturated rings. The van der Waals surface area contributed by atoms with Gasteiger partial charge >= 0.3 is 0 Å². The van der Waals surface area contributed by atoms with Gasteiger partial charge in [0.25, 0.3) is 5.91 Å². The minimum atomic E-state index is -0.963. The molecule has 0 aliphatic heterocycles. The predicted molar refractivity (Wildman–Crippen MR) is 61.4 cm³/mol. The fourth-order valence-electron chi connectivity index (χ4n) is 2.42. The maximum atomic E-state index is 11.1. The van der Waals surface area contributed by atoms with Crippen molar-refractivity contribution in [3.8, 4) is 0 Å². The van der Waals surface area contributed by atoms with Gasteiger partial charge in [0, 0.05) is 25.0 Å². The quantitative estimate of drug-likeness (QED) is 0.420. The number of amides is 1. The first-order valence-corrected chi connectivity index (χ1v) is 5.82. The van der Waals surface area contributed by atoms with Gasteiger partial charge in [0.05, 0.1) is 6.10 Å². The van der Waals surface area contributed by atoms with Crippen LogP contribution in [-0.4, -0.2) is 40.0 Å².